The smallest absolute Gasteiger partial charge is 0.415 e. The number of likely N-dealkylation sites (N-methyl/N-ethyl adjacent to an activating group) is 2. The number of nitrogens with zero attached hydrogens (tertiary/aromatic N) is 4. The molecule has 3 aliphatic heterocycles. The van der Waals surface area contributed by atoms with Crippen LogP contribution >= 0.6 is 34.5 Å². The highest BCUT2D eigenvalue weighted by Crippen LogP contribution is 2.49. The van der Waals surface area contributed by atoms with Gasteiger partial charge < -0.3 is 48.0 Å². The number of hydrogen-bond donors (Lipinski definition) is 0. The lowest BCUT2D eigenvalue weighted by atomic mass is 9.89. The second kappa shape index (κ2) is 21.8. The van der Waals surface area contributed by atoms with Crippen LogP contribution in [0.3, 0.4) is 0 Å². The first kappa shape index (κ1) is 53.2. The Morgan fingerprint density at radius 2 is 1.16 bits per heavy atom. The van der Waals surface area contributed by atoms with E-state index in [1.54, 1.807) is 68.9 Å². The van der Waals surface area contributed by atoms with E-state index in [4.69, 9.17) is 51.6 Å². The van der Waals surface area contributed by atoms with Crippen molar-refractivity contribution in [2.24, 2.45) is 5.92 Å². The van der Waals surface area contributed by atoms with E-state index < -0.39 is 54.3 Å². The van der Waals surface area contributed by atoms with Crippen molar-refractivity contribution in [3.63, 3.8) is 0 Å². The first-order valence-corrected chi connectivity index (χ1v) is 26.1. The molecule has 7 atom stereocenters. The molecule has 0 saturated carbocycles. The Morgan fingerprint density at radius 3 is 1.64 bits per heavy atom. The monoisotopic (exact) mass is 1060 g/mol. The van der Waals surface area contributed by atoms with E-state index in [0.717, 1.165) is 33.2 Å². The molecule has 8 rings (SSSR count). The number of fused-ring (bicyclic) bond motifs is 6. The van der Waals surface area contributed by atoms with Crippen molar-refractivity contribution >= 4 is 103 Å². The molecule has 73 heavy (non-hydrogen) atoms. The summed E-state index contributed by atoms with van der Waals surface area (Å²) in [7, 11) is 3.16. The van der Waals surface area contributed by atoms with Crippen LogP contribution in [0.2, 0.25) is 0 Å². The standard InChI is InChI=1S/C54H60Cl2N4O12S/c1-10-40-29(2)47(67-30(3)61)48(68-31(4)62)51(69-40)70-41-23-38-45(36-17-13-11-15-34(36)41)32(25-55)27-59(38)49(63)43-19-20-44(73-43)50(64)60-28-33(26-56)46-37-18-14-12-16-35(37)42(24-39(46)60)71-52(65)57(8)21-22-58(9)53(66)72-54(5,6)7/h11-20,23-24,29,32-33,40,47-48,51H,10,21-22,25-28H2,1-9H3/t29-,32+,33+,40+,47-,48+,51-/m0/s1. The van der Waals surface area contributed by atoms with Crippen LogP contribution in [0.4, 0.5) is 21.0 Å². The highest BCUT2D eigenvalue weighted by molar-refractivity contribution is 7.16. The zero-order valence-corrected chi connectivity index (χ0v) is 44.6. The van der Waals surface area contributed by atoms with E-state index in [1.165, 1.54) is 23.6 Å². The van der Waals surface area contributed by atoms with E-state index in [-0.39, 0.29) is 73.3 Å². The fraction of sp³-hybridized carbons (Fsp3) is 0.444. The predicted molar refractivity (Wildman–Crippen MR) is 280 cm³/mol. The van der Waals surface area contributed by atoms with Gasteiger partial charge in [0.15, 0.2) is 0 Å². The lowest BCUT2D eigenvalue weighted by molar-refractivity contribution is -0.266. The van der Waals surface area contributed by atoms with Crippen LogP contribution in [0.1, 0.15) is 97.2 Å². The van der Waals surface area contributed by atoms with Gasteiger partial charge in [0.2, 0.25) is 12.4 Å². The van der Waals surface area contributed by atoms with E-state index in [1.807, 2.05) is 62.4 Å². The Balaban J connectivity index is 1.07. The molecule has 0 spiro atoms. The van der Waals surface area contributed by atoms with Gasteiger partial charge >= 0.3 is 24.1 Å². The van der Waals surface area contributed by atoms with Gasteiger partial charge in [-0.3, -0.25) is 19.2 Å². The average molecular weight is 1060 g/mol. The Kier molecular flexibility index (Phi) is 15.8. The molecule has 1 saturated heterocycles. The van der Waals surface area contributed by atoms with Crippen LogP contribution in [-0.2, 0) is 28.5 Å². The molecule has 3 aliphatic rings. The summed E-state index contributed by atoms with van der Waals surface area (Å²) in [6, 6.07) is 21.7. The first-order valence-electron chi connectivity index (χ1n) is 24.2. The van der Waals surface area contributed by atoms with Crippen LogP contribution < -0.4 is 19.3 Å². The van der Waals surface area contributed by atoms with Crippen molar-refractivity contribution < 1.29 is 57.2 Å². The van der Waals surface area contributed by atoms with Gasteiger partial charge in [0.05, 0.1) is 27.2 Å². The summed E-state index contributed by atoms with van der Waals surface area (Å²) in [4.78, 5) is 87.1. The quantitative estimate of drug-likeness (QED) is 0.0622. The van der Waals surface area contributed by atoms with Crippen molar-refractivity contribution in [1.82, 2.24) is 9.80 Å². The number of rotatable bonds is 13. The zero-order valence-electron chi connectivity index (χ0n) is 42.3. The normalized spacial score (nSPS) is 21.3. The third-order valence-corrected chi connectivity index (χ3v) is 15.2. The summed E-state index contributed by atoms with van der Waals surface area (Å²) < 4.78 is 36.1. The molecule has 388 valence electrons. The topological polar surface area (TPSA) is 171 Å². The van der Waals surface area contributed by atoms with Gasteiger partial charge in [0, 0.05) is 107 Å². The second-order valence-electron chi connectivity index (χ2n) is 19.7. The van der Waals surface area contributed by atoms with Gasteiger partial charge in [0.25, 0.3) is 11.8 Å². The van der Waals surface area contributed by atoms with Gasteiger partial charge in [-0.05, 0) is 61.2 Å². The fourth-order valence-electron chi connectivity index (χ4n) is 9.88. The molecule has 4 amide bonds. The number of hydrogen-bond acceptors (Lipinski definition) is 13. The van der Waals surface area contributed by atoms with Crippen LogP contribution in [0, 0.1) is 5.92 Å². The number of esters is 2. The minimum absolute atomic E-state index is 0.155. The maximum atomic E-state index is 14.8. The van der Waals surface area contributed by atoms with Crippen LogP contribution in [0.25, 0.3) is 21.5 Å². The zero-order chi connectivity index (χ0) is 52.6. The highest BCUT2D eigenvalue weighted by atomic mass is 35.5. The highest BCUT2D eigenvalue weighted by Gasteiger charge is 2.49. The van der Waals surface area contributed by atoms with E-state index in [0.29, 0.717) is 44.1 Å². The minimum Gasteiger partial charge on any atom is -0.460 e. The first-order chi connectivity index (χ1) is 34.7. The summed E-state index contributed by atoms with van der Waals surface area (Å²) in [5.41, 5.74) is 2.09. The molecule has 4 aromatic carbocycles. The molecule has 1 fully saturated rings. The molecule has 0 bridgehead atoms. The van der Waals surface area contributed by atoms with Gasteiger partial charge in [-0.2, -0.15) is 0 Å². The van der Waals surface area contributed by atoms with Crippen LogP contribution in [0.15, 0.2) is 72.8 Å². The fourth-order valence-corrected chi connectivity index (χ4v) is 11.3. The Bertz CT molecular complexity index is 2960. The number of thiophene rings is 1. The molecular weight excluding hydrogens is 1000 g/mol. The van der Waals surface area contributed by atoms with Crippen LogP contribution in [-0.4, -0.2) is 128 Å². The van der Waals surface area contributed by atoms with E-state index in [9.17, 15) is 28.8 Å². The molecule has 5 aromatic rings. The van der Waals surface area contributed by atoms with E-state index in [2.05, 4.69) is 0 Å². The number of carbonyl (C=O) groups is 6. The maximum absolute atomic E-state index is 14.8. The molecule has 0 unspecified atom stereocenters. The predicted octanol–water partition coefficient (Wildman–Crippen LogP) is 10.3. The molecule has 0 aliphatic carbocycles. The number of amides is 4. The molecule has 0 radical (unpaired) electrons. The Hall–Kier alpha value is -6.14. The number of benzene rings is 4. The lowest BCUT2D eigenvalue weighted by Crippen LogP contribution is -2.58. The number of ether oxygens (including phenoxy) is 6. The SMILES string of the molecule is CC[C@H]1O[C@@H](Oc2cc3c(c4ccccc24)[C@H](CCl)CN3C(=O)c2ccc(C(=O)N3C[C@@H](CCl)c4c3cc(OC(=O)N(C)CCN(C)C(=O)OC(C)(C)C)c3ccccc43)s2)[C@H](OC(C)=O)[C@@H](OC(C)=O)[C@H]1C. The number of anilines is 2. The largest absolute Gasteiger partial charge is 0.460 e. The van der Waals surface area contributed by atoms with Gasteiger partial charge in [0.1, 0.15) is 23.2 Å². The van der Waals surface area contributed by atoms with Crippen LogP contribution in [0.5, 0.6) is 11.5 Å². The molecule has 16 nitrogen and oxygen atoms in total. The number of halogens is 2. The second-order valence-corrected chi connectivity index (χ2v) is 21.4. The van der Waals surface area contributed by atoms with Crippen molar-refractivity contribution in [1.29, 1.82) is 0 Å². The maximum Gasteiger partial charge on any atom is 0.415 e. The summed E-state index contributed by atoms with van der Waals surface area (Å²) >= 11 is 14.3. The number of alkyl halides is 2. The summed E-state index contributed by atoms with van der Waals surface area (Å²) in [5.74, 6) is -1.72. The number of carbonyl (C=O) groups excluding carboxylic acids is 6. The van der Waals surface area contributed by atoms with Crippen molar-refractivity contribution in [2.75, 3.05) is 61.8 Å². The van der Waals surface area contributed by atoms with Gasteiger partial charge in [-0.1, -0.05) is 62.4 Å². The molecule has 19 heteroatoms. The van der Waals surface area contributed by atoms with Crippen molar-refractivity contribution in [3.8, 4) is 11.5 Å². The van der Waals surface area contributed by atoms with Crippen molar-refractivity contribution in [2.45, 2.75) is 96.9 Å². The Labute approximate surface area is 438 Å². The summed E-state index contributed by atoms with van der Waals surface area (Å²) in [5, 5.41) is 2.94. The lowest BCUT2D eigenvalue weighted by Gasteiger charge is -2.44. The molecule has 0 N–H and O–H groups in total. The molecular formula is C54H60Cl2N4O12S. The Morgan fingerprint density at radius 1 is 0.699 bits per heavy atom. The van der Waals surface area contributed by atoms with Crippen molar-refractivity contribution in [3.05, 3.63) is 93.7 Å². The minimum atomic E-state index is -1.18. The van der Waals surface area contributed by atoms with E-state index >= 15 is 0 Å². The summed E-state index contributed by atoms with van der Waals surface area (Å²) in [6.45, 7) is 12.5. The van der Waals surface area contributed by atoms with Gasteiger partial charge in [-0.15, -0.1) is 34.5 Å². The third-order valence-electron chi connectivity index (χ3n) is 13.4. The third kappa shape index (κ3) is 10.9. The average Bonchev–Trinajstić information content (AvgIpc) is 4.10. The summed E-state index contributed by atoms with van der Waals surface area (Å²) in [6.07, 6.45) is -4.19. The molecule has 1 aromatic heterocycles. The van der Waals surface area contributed by atoms with Gasteiger partial charge in [-0.25, -0.2) is 9.59 Å². The molecule has 4 heterocycles.